The van der Waals surface area contributed by atoms with Crippen LogP contribution in [0.3, 0.4) is 0 Å². The summed E-state index contributed by atoms with van der Waals surface area (Å²) in [6, 6.07) is 18.0. The van der Waals surface area contributed by atoms with Crippen LogP contribution in [-0.2, 0) is 0 Å². The van der Waals surface area contributed by atoms with Gasteiger partial charge in [0.15, 0.2) is 0 Å². The average molecular weight is 421 g/mol. The minimum Gasteiger partial charge on any atom is -0.494 e. The highest BCUT2D eigenvalue weighted by atomic mass is 16.5. The Hall–Kier alpha value is -1.76. The highest BCUT2D eigenvalue weighted by molar-refractivity contribution is 5.64. The van der Waals surface area contributed by atoms with Crippen molar-refractivity contribution >= 4 is 0 Å². The van der Waals surface area contributed by atoms with E-state index in [2.05, 4.69) is 62.4 Å². The molecule has 31 heavy (non-hydrogen) atoms. The first-order chi connectivity index (χ1) is 15.3. The van der Waals surface area contributed by atoms with E-state index < -0.39 is 0 Å². The van der Waals surface area contributed by atoms with E-state index in [1.165, 1.54) is 88.2 Å². The van der Waals surface area contributed by atoms with Crippen molar-refractivity contribution in [1.82, 2.24) is 0 Å². The van der Waals surface area contributed by atoms with Gasteiger partial charge in [0.05, 0.1) is 6.61 Å². The van der Waals surface area contributed by atoms with Gasteiger partial charge >= 0.3 is 0 Å². The third-order valence-electron chi connectivity index (χ3n) is 7.15. The van der Waals surface area contributed by atoms with Gasteiger partial charge in [0.25, 0.3) is 0 Å². The maximum Gasteiger partial charge on any atom is 0.119 e. The third kappa shape index (κ3) is 8.02. The van der Waals surface area contributed by atoms with Crippen molar-refractivity contribution in [3.63, 3.8) is 0 Å². The molecule has 1 fully saturated rings. The second-order valence-electron chi connectivity index (χ2n) is 9.62. The Morgan fingerprint density at radius 2 is 1.23 bits per heavy atom. The van der Waals surface area contributed by atoms with Gasteiger partial charge in [-0.3, -0.25) is 0 Å². The van der Waals surface area contributed by atoms with Crippen molar-refractivity contribution in [3.05, 3.63) is 54.1 Å². The zero-order valence-corrected chi connectivity index (χ0v) is 20.1. The van der Waals surface area contributed by atoms with Crippen LogP contribution in [0.5, 0.6) is 5.75 Å². The van der Waals surface area contributed by atoms with Gasteiger partial charge in [-0.15, -0.1) is 0 Å². The minimum absolute atomic E-state index is 0.768. The number of benzene rings is 2. The molecular formula is C30H44O. The molecule has 1 aliphatic rings. The van der Waals surface area contributed by atoms with Crippen LogP contribution in [0.2, 0.25) is 0 Å². The predicted octanol–water partition coefficient (Wildman–Crippen LogP) is 9.56. The summed E-state index contributed by atoms with van der Waals surface area (Å²) in [7, 11) is 0. The van der Waals surface area contributed by atoms with Crippen LogP contribution < -0.4 is 4.74 Å². The molecular weight excluding hydrogens is 376 g/mol. The van der Waals surface area contributed by atoms with Crippen LogP contribution in [0.25, 0.3) is 11.1 Å². The third-order valence-corrected chi connectivity index (χ3v) is 7.15. The van der Waals surface area contributed by atoms with E-state index in [9.17, 15) is 0 Å². The van der Waals surface area contributed by atoms with E-state index >= 15 is 0 Å². The standard InChI is InChI=1S/C30H44O/c1-3-5-7-9-11-25-12-14-26(15-13-25)27-16-18-28(19-17-27)29-20-22-30(23-21-29)31-24-10-8-6-4-2/h16-23,25-26H,3-15,24H2,1-2H3. The van der Waals surface area contributed by atoms with E-state index in [4.69, 9.17) is 4.74 Å². The molecule has 1 nitrogen and oxygen atoms in total. The smallest absolute Gasteiger partial charge is 0.119 e. The lowest BCUT2D eigenvalue weighted by Gasteiger charge is -2.29. The summed E-state index contributed by atoms with van der Waals surface area (Å²) >= 11 is 0. The Kier molecular flexibility index (Phi) is 10.5. The number of hydrogen-bond acceptors (Lipinski definition) is 1. The van der Waals surface area contributed by atoms with Gasteiger partial charge in [0.1, 0.15) is 5.75 Å². The van der Waals surface area contributed by atoms with Crippen molar-refractivity contribution in [1.29, 1.82) is 0 Å². The van der Waals surface area contributed by atoms with Crippen molar-refractivity contribution in [3.8, 4) is 16.9 Å². The minimum atomic E-state index is 0.768. The van der Waals surface area contributed by atoms with E-state index in [0.717, 1.165) is 30.6 Å². The Bertz CT molecular complexity index is 707. The summed E-state index contributed by atoms with van der Waals surface area (Å²) < 4.78 is 5.89. The van der Waals surface area contributed by atoms with Crippen LogP contribution in [0.1, 0.15) is 109 Å². The van der Waals surface area contributed by atoms with Gasteiger partial charge in [-0.05, 0) is 72.8 Å². The van der Waals surface area contributed by atoms with E-state index in [0.29, 0.717) is 0 Å². The highest BCUT2D eigenvalue weighted by Gasteiger charge is 2.22. The molecule has 3 rings (SSSR count). The summed E-state index contributed by atoms with van der Waals surface area (Å²) in [6.07, 6.45) is 17.7. The molecule has 0 heterocycles. The fraction of sp³-hybridized carbons (Fsp3) is 0.600. The highest BCUT2D eigenvalue weighted by Crippen LogP contribution is 2.38. The lowest BCUT2D eigenvalue weighted by molar-refractivity contribution is 0.302. The van der Waals surface area contributed by atoms with Gasteiger partial charge in [-0.1, -0.05) is 102 Å². The lowest BCUT2D eigenvalue weighted by Crippen LogP contribution is -2.13. The first-order valence-electron chi connectivity index (χ1n) is 13.1. The largest absolute Gasteiger partial charge is 0.494 e. The molecule has 1 heteroatoms. The Balaban J connectivity index is 1.44. The van der Waals surface area contributed by atoms with E-state index in [1.807, 2.05) is 0 Å². The van der Waals surface area contributed by atoms with Crippen molar-refractivity contribution < 1.29 is 4.74 Å². The Morgan fingerprint density at radius 3 is 1.84 bits per heavy atom. The lowest BCUT2D eigenvalue weighted by atomic mass is 9.77. The van der Waals surface area contributed by atoms with E-state index in [-0.39, 0.29) is 0 Å². The van der Waals surface area contributed by atoms with E-state index in [1.54, 1.807) is 5.56 Å². The predicted molar refractivity (Wildman–Crippen MR) is 135 cm³/mol. The number of ether oxygens (including phenoxy) is 1. The molecule has 0 bridgehead atoms. The van der Waals surface area contributed by atoms with Crippen molar-refractivity contribution in [2.75, 3.05) is 6.61 Å². The summed E-state index contributed by atoms with van der Waals surface area (Å²) in [6.45, 7) is 5.37. The summed E-state index contributed by atoms with van der Waals surface area (Å²) in [5.74, 6) is 2.74. The second-order valence-corrected chi connectivity index (χ2v) is 9.62. The topological polar surface area (TPSA) is 9.23 Å². The molecule has 0 aliphatic heterocycles. The van der Waals surface area contributed by atoms with Gasteiger partial charge in [0.2, 0.25) is 0 Å². The second kappa shape index (κ2) is 13.6. The summed E-state index contributed by atoms with van der Waals surface area (Å²) in [5.41, 5.74) is 4.13. The molecule has 1 saturated carbocycles. The average Bonchev–Trinajstić information content (AvgIpc) is 2.83. The fourth-order valence-electron chi connectivity index (χ4n) is 5.05. The first-order valence-corrected chi connectivity index (χ1v) is 13.1. The number of unbranched alkanes of at least 4 members (excludes halogenated alkanes) is 6. The molecule has 0 saturated heterocycles. The molecule has 170 valence electrons. The molecule has 0 spiro atoms. The fourth-order valence-corrected chi connectivity index (χ4v) is 5.05. The maximum atomic E-state index is 5.89. The maximum absolute atomic E-state index is 5.89. The normalized spacial score (nSPS) is 18.8. The molecule has 2 aromatic carbocycles. The molecule has 0 radical (unpaired) electrons. The molecule has 0 N–H and O–H groups in total. The number of hydrogen-bond donors (Lipinski definition) is 0. The Labute approximate surface area is 191 Å². The molecule has 2 aromatic rings. The van der Waals surface area contributed by atoms with Gasteiger partial charge in [0, 0.05) is 0 Å². The molecule has 1 aliphatic carbocycles. The monoisotopic (exact) mass is 420 g/mol. The van der Waals surface area contributed by atoms with Crippen LogP contribution >= 0.6 is 0 Å². The van der Waals surface area contributed by atoms with Gasteiger partial charge < -0.3 is 4.74 Å². The first kappa shape index (κ1) is 23.9. The molecule has 0 amide bonds. The quantitative estimate of drug-likeness (QED) is 0.293. The van der Waals surface area contributed by atoms with Crippen LogP contribution in [-0.4, -0.2) is 6.61 Å². The zero-order valence-electron chi connectivity index (χ0n) is 20.1. The number of rotatable bonds is 13. The SMILES string of the molecule is CCCCCCOc1ccc(-c2ccc(C3CCC(CCCCCC)CC3)cc2)cc1. The van der Waals surface area contributed by atoms with Crippen LogP contribution in [0.15, 0.2) is 48.5 Å². The summed E-state index contributed by atoms with van der Waals surface area (Å²) in [4.78, 5) is 0. The van der Waals surface area contributed by atoms with Crippen molar-refractivity contribution in [2.45, 2.75) is 103 Å². The molecule has 0 aromatic heterocycles. The van der Waals surface area contributed by atoms with Crippen LogP contribution in [0.4, 0.5) is 0 Å². The summed E-state index contributed by atoms with van der Waals surface area (Å²) in [5, 5.41) is 0. The molecule has 0 atom stereocenters. The van der Waals surface area contributed by atoms with Gasteiger partial charge in [-0.2, -0.15) is 0 Å². The van der Waals surface area contributed by atoms with Crippen LogP contribution in [0, 0.1) is 5.92 Å². The van der Waals surface area contributed by atoms with Gasteiger partial charge in [-0.25, -0.2) is 0 Å². The van der Waals surface area contributed by atoms with Crippen molar-refractivity contribution in [2.24, 2.45) is 5.92 Å². The molecule has 0 unspecified atom stereocenters. The Morgan fingerprint density at radius 1 is 0.645 bits per heavy atom. The zero-order chi connectivity index (χ0) is 21.7.